The van der Waals surface area contributed by atoms with Gasteiger partial charge in [-0.15, -0.1) is 0 Å². The molecule has 0 aliphatic heterocycles. The Kier molecular flexibility index (Phi) is 5.36. The van der Waals surface area contributed by atoms with E-state index in [2.05, 4.69) is 4.99 Å². The van der Waals surface area contributed by atoms with E-state index in [0.29, 0.717) is 33.6 Å². The van der Waals surface area contributed by atoms with Crippen LogP contribution in [0.15, 0.2) is 47.5 Å². The van der Waals surface area contributed by atoms with Gasteiger partial charge in [0.2, 0.25) is 0 Å². The van der Waals surface area contributed by atoms with Gasteiger partial charge in [-0.25, -0.2) is 0 Å². The number of methoxy groups -OCH3 is 1. The molecule has 1 heterocycles. The summed E-state index contributed by atoms with van der Waals surface area (Å²) in [5, 5.41) is 1.12. The lowest BCUT2D eigenvalue weighted by molar-refractivity contribution is 0.0997. The SMILES string of the molecule is COCCn1c(=NC(=O)c2cccc(Cl)c2)sc2cccc(Cl)c21. The Hall–Kier alpha value is -1.66. The van der Waals surface area contributed by atoms with Crippen LogP contribution in [0.25, 0.3) is 10.2 Å². The Labute approximate surface area is 152 Å². The van der Waals surface area contributed by atoms with Crippen molar-refractivity contribution in [2.45, 2.75) is 6.54 Å². The molecule has 0 saturated heterocycles. The van der Waals surface area contributed by atoms with Crippen molar-refractivity contribution in [2.75, 3.05) is 13.7 Å². The predicted molar refractivity (Wildman–Crippen MR) is 98.0 cm³/mol. The highest BCUT2D eigenvalue weighted by molar-refractivity contribution is 7.16. The van der Waals surface area contributed by atoms with Crippen LogP contribution in [-0.4, -0.2) is 24.2 Å². The largest absolute Gasteiger partial charge is 0.383 e. The first-order valence-electron chi connectivity index (χ1n) is 7.21. The highest BCUT2D eigenvalue weighted by Gasteiger charge is 2.11. The van der Waals surface area contributed by atoms with Crippen molar-refractivity contribution in [3.8, 4) is 0 Å². The number of ether oxygens (including phenoxy) is 1. The van der Waals surface area contributed by atoms with Gasteiger partial charge in [0.05, 0.1) is 21.8 Å². The molecule has 1 aromatic heterocycles. The molecule has 4 nitrogen and oxygen atoms in total. The van der Waals surface area contributed by atoms with E-state index in [4.69, 9.17) is 27.9 Å². The molecule has 3 aromatic rings. The van der Waals surface area contributed by atoms with Gasteiger partial charge in [-0.2, -0.15) is 4.99 Å². The summed E-state index contributed by atoms with van der Waals surface area (Å²) in [6.07, 6.45) is 0. The highest BCUT2D eigenvalue weighted by atomic mass is 35.5. The van der Waals surface area contributed by atoms with Crippen molar-refractivity contribution in [2.24, 2.45) is 4.99 Å². The second-order valence-corrected chi connectivity index (χ2v) is 6.90. The van der Waals surface area contributed by atoms with Gasteiger partial charge in [-0.3, -0.25) is 4.79 Å². The first-order chi connectivity index (χ1) is 11.6. The third-order valence-electron chi connectivity index (χ3n) is 3.44. The van der Waals surface area contributed by atoms with E-state index < -0.39 is 0 Å². The molecule has 0 bridgehead atoms. The van der Waals surface area contributed by atoms with Crippen LogP contribution in [-0.2, 0) is 11.3 Å². The van der Waals surface area contributed by atoms with E-state index in [1.54, 1.807) is 31.4 Å². The number of halogens is 2. The third kappa shape index (κ3) is 3.54. The average molecular weight is 381 g/mol. The molecule has 0 saturated carbocycles. The minimum atomic E-state index is -0.341. The molecule has 0 N–H and O–H groups in total. The van der Waals surface area contributed by atoms with Gasteiger partial charge >= 0.3 is 0 Å². The summed E-state index contributed by atoms with van der Waals surface area (Å²) in [6.45, 7) is 1.05. The van der Waals surface area contributed by atoms with E-state index in [-0.39, 0.29) is 5.91 Å². The first-order valence-corrected chi connectivity index (χ1v) is 8.79. The van der Waals surface area contributed by atoms with Crippen molar-refractivity contribution in [1.29, 1.82) is 0 Å². The van der Waals surface area contributed by atoms with Crippen molar-refractivity contribution >= 4 is 50.7 Å². The molecule has 24 heavy (non-hydrogen) atoms. The van der Waals surface area contributed by atoms with E-state index >= 15 is 0 Å². The van der Waals surface area contributed by atoms with Gasteiger partial charge in [0.25, 0.3) is 5.91 Å². The quantitative estimate of drug-likeness (QED) is 0.673. The van der Waals surface area contributed by atoms with Crippen molar-refractivity contribution in [3.05, 3.63) is 62.9 Å². The number of hydrogen-bond acceptors (Lipinski definition) is 3. The highest BCUT2D eigenvalue weighted by Crippen LogP contribution is 2.25. The molecule has 7 heteroatoms. The van der Waals surface area contributed by atoms with E-state index in [1.807, 2.05) is 22.8 Å². The fourth-order valence-electron chi connectivity index (χ4n) is 2.34. The van der Waals surface area contributed by atoms with Crippen LogP contribution in [0.3, 0.4) is 0 Å². The number of para-hydroxylation sites is 1. The zero-order valence-electron chi connectivity index (χ0n) is 12.8. The zero-order valence-corrected chi connectivity index (χ0v) is 15.2. The summed E-state index contributed by atoms with van der Waals surface area (Å²) >= 11 is 13.7. The summed E-state index contributed by atoms with van der Waals surface area (Å²) in [7, 11) is 1.63. The maximum absolute atomic E-state index is 12.5. The molecule has 2 aromatic carbocycles. The fourth-order valence-corrected chi connectivity index (χ4v) is 3.94. The number of amides is 1. The number of carbonyl (C=O) groups excluding carboxylic acids is 1. The molecule has 0 spiro atoms. The monoisotopic (exact) mass is 380 g/mol. The minimum absolute atomic E-state index is 0.341. The van der Waals surface area contributed by atoms with Gasteiger partial charge < -0.3 is 9.30 Å². The normalized spacial score (nSPS) is 12.0. The number of nitrogens with zero attached hydrogens (tertiary/aromatic N) is 2. The summed E-state index contributed by atoms with van der Waals surface area (Å²) in [5.74, 6) is -0.341. The zero-order chi connectivity index (χ0) is 17.1. The van der Waals surface area contributed by atoms with Crippen molar-refractivity contribution in [3.63, 3.8) is 0 Å². The summed E-state index contributed by atoms with van der Waals surface area (Å²) in [6, 6.07) is 12.4. The maximum Gasteiger partial charge on any atom is 0.279 e. The first kappa shape index (κ1) is 17.2. The number of rotatable bonds is 4. The second-order valence-electron chi connectivity index (χ2n) is 5.04. The number of thiazole rings is 1. The van der Waals surface area contributed by atoms with Gasteiger partial charge in [0.15, 0.2) is 4.80 Å². The van der Waals surface area contributed by atoms with Gasteiger partial charge in [-0.05, 0) is 30.3 Å². The molecular weight excluding hydrogens is 367 g/mol. The number of benzene rings is 2. The van der Waals surface area contributed by atoms with Crippen molar-refractivity contribution < 1.29 is 9.53 Å². The molecule has 124 valence electrons. The Balaban J connectivity index is 2.14. The third-order valence-corrected chi connectivity index (χ3v) is 5.02. The summed E-state index contributed by atoms with van der Waals surface area (Å²) in [4.78, 5) is 17.3. The molecule has 0 atom stereocenters. The van der Waals surface area contributed by atoms with E-state index in [9.17, 15) is 4.79 Å². The van der Waals surface area contributed by atoms with Crippen LogP contribution >= 0.6 is 34.5 Å². The standard InChI is InChI=1S/C17H14Cl2N2O2S/c1-23-9-8-21-15-13(19)6-3-7-14(15)24-17(21)20-16(22)11-4-2-5-12(18)10-11/h2-7,10H,8-9H2,1H3. The number of fused-ring (bicyclic) bond motifs is 1. The van der Waals surface area contributed by atoms with Crippen LogP contribution in [0.5, 0.6) is 0 Å². The minimum Gasteiger partial charge on any atom is -0.383 e. The predicted octanol–water partition coefficient (Wildman–Crippen LogP) is 4.40. The van der Waals surface area contributed by atoms with Gasteiger partial charge in [0.1, 0.15) is 0 Å². The Bertz CT molecular complexity index is 963. The van der Waals surface area contributed by atoms with Crippen LogP contribution in [0.1, 0.15) is 10.4 Å². The van der Waals surface area contributed by atoms with Crippen LogP contribution in [0.4, 0.5) is 0 Å². The molecule has 3 rings (SSSR count). The molecule has 0 aliphatic carbocycles. The molecule has 0 aliphatic rings. The van der Waals surface area contributed by atoms with Gasteiger partial charge in [-0.1, -0.05) is 46.7 Å². The molecule has 0 unspecified atom stereocenters. The summed E-state index contributed by atoms with van der Waals surface area (Å²) < 4.78 is 8.04. The number of carbonyl (C=O) groups is 1. The lowest BCUT2D eigenvalue weighted by Gasteiger charge is -2.05. The smallest absolute Gasteiger partial charge is 0.279 e. The van der Waals surface area contributed by atoms with Crippen molar-refractivity contribution in [1.82, 2.24) is 4.57 Å². The van der Waals surface area contributed by atoms with E-state index in [0.717, 1.165) is 10.2 Å². The lowest BCUT2D eigenvalue weighted by atomic mass is 10.2. The topological polar surface area (TPSA) is 43.6 Å². The molecular formula is C17H14Cl2N2O2S. The molecule has 0 radical (unpaired) electrons. The molecule has 0 fully saturated rings. The Morgan fingerprint density at radius 3 is 2.79 bits per heavy atom. The van der Waals surface area contributed by atoms with Gasteiger partial charge in [0, 0.05) is 24.2 Å². The average Bonchev–Trinajstić information content (AvgIpc) is 2.91. The Morgan fingerprint density at radius 1 is 1.25 bits per heavy atom. The Morgan fingerprint density at radius 2 is 2.04 bits per heavy atom. The molecule has 1 amide bonds. The van der Waals surface area contributed by atoms with Crippen LogP contribution in [0, 0.1) is 0 Å². The lowest BCUT2D eigenvalue weighted by Crippen LogP contribution is -2.19. The van der Waals surface area contributed by atoms with Crippen LogP contribution < -0.4 is 4.80 Å². The number of aromatic nitrogens is 1. The van der Waals surface area contributed by atoms with E-state index in [1.165, 1.54) is 11.3 Å². The fraction of sp³-hybridized carbons (Fsp3) is 0.176. The van der Waals surface area contributed by atoms with Crippen LogP contribution in [0.2, 0.25) is 10.0 Å². The maximum atomic E-state index is 12.5. The number of hydrogen-bond donors (Lipinski definition) is 0. The second kappa shape index (κ2) is 7.49. The summed E-state index contributed by atoms with van der Waals surface area (Å²) in [5.41, 5.74) is 1.31.